The van der Waals surface area contributed by atoms with Crippen molar-refractivity contribution in [3.8, 4) is 0 Å². The number of carbonyl (C=O) groups is 1. The van der Waals surface area contributed by atoms with Crippen LogP contribution in [0.1, 0.15) is 41.0 Å². The first-order chi connectivity index (χ1) is 14.2. The minimum Gasteiger partial charge on any atom is -0.461 e. The first kappa shape index (κ1) is 22.5. The maximum atomic E-state index is 12.1. The van der Waals surface area contributed by atoms with Crippen LogP contribution in [-0.4, -0.2) is 27.0 Å². The molecule has 0 radical (unpaired) electrons. The monoisotopic (exact) mass is 422 g/mol. The van der Waals surface area contributed by atoms with Crippen LogP contribution in [0.15, 0.2) is 73.3 Å². The summed E-state index contributed by atoms with van der Waals surface area (Å²) in [5.41, 5.74) is -0.347. The molecule has 0 saturated carbocycles. The van der Waals surface area contributed by atoms with Crippen molar-refractivity contribution in [2.75, 3.05) is 6.61 Å². The van der Waals surface area contributed by atoms with Crippen molar-refractivity contribution in [2.45, 2.75) is 52.2 Å². The first-order valence-corrected chi connectivity index (χ1v) is 12.7. The summed E-state index contributed by atoms with van der Waals surface area (Å²) in [7, 11) is -2.57. The van der Waals surface area contributed by atoms with E-state index in [1.807, 2.05) is 13.0 Å². The SMILES string of the molecule is C=C[C@@](C)(CCO[Si](c1ccccc1)(c1ccccc1)C(C)(C)C)[C@@H]1C(=O)O[C@H]1C. The lowest BCUT2D eigenvalue weighted by Gasteiger charge is -2.46. The van der Waals surface area contributed by atoms with Crippen LogP contribution in [0.5, 0.6) is 0 Å². The van der Waals surface area contributed by atoms with Crippen molar-refractivity contribution in [3.05, 3.63) is 73.3 Å². The van der Waals surface area contributed by atoms with Gasteiger partial charge in [-0.2, -0.15) is 0 Å². The Morgan fingerprint density at radius 1 is 1.00 bits per heavy atom. The Balaban J connectivity index is 1.96. The average Bonchev–Trinajstić information content (AvgIpc) is 2.71. The van der Waals surface area contributed by atoms with Crippen molar-refractivity contribution in [2.24, 2.45) is 11.3 Å². The maximum Gasteiger partial charge on any atom is 0.313 e. The lowest BCUT2D eigenvalue weighted by molar-refractivity contribution is -0.192. The highest BCUT2D eigenvalue weighted by atomic mass is 28.4. The van der Waals surface area contributed by atoms with Gasteiger partial charge in [0, 0.05) is 12.0 Å². The Morgan fingerprint density at radius 2 is 1.50 bits per heavy atom. The number of ether oxygens (including phenoxy) is 1. The second-order valence-electron chi connectivity index (χ2n) is 9.59. The molecule has 0 unspecified atom stereocenters. The van der Waals surface area contributed by atoms with Crippen molar-refractivity contribution >= 4 is 24.7 Å². The Hall–Kier alpha value is -2.17. The molecule has 0 aromatic heterocycles. The van der Waals surface area contributed by atoms with Gasteiger partial charge in [0.15, 0.2) is 0 Å². The van der Waals surface area contributed by atoms with Gasteiger partial charge in [0.05, 0.1) is 0 Å². The van der Waals surface area contributed by atoms with E-state index in [2.05, 4.69) is 94.9 Å². The van der Waals surface area contributed by atoms with E-state index < -0.39 is 8.32 Å². The van der Waals surface area contributed by atoms with E-state index in [0.29, 0.717) is 6.61 Å². The topological polar surface area (TPSA) is 35.5 Å². The van der Waals surface area contributed by atoms with Crippen LogP contribution in [-0.2, 0) is 14.0 Å². The number of hydrogen-bond acceptors (Lipinski definition) is 3. The number of esters is 1. The molecule has 4 heteroatoms. The van der Waals surface area contributed by atoms with Gasteiger partial charge in [-0.25, -0.2) is 0 Å². The van der Waals surface area contributed by atoms with E-state index in [1.165, 1.54) is 10.4 Å². The standard InChI is InChI=1S/C26H34O3Si/c1-7-26(6,23-20(2)29-24(23)27)18-19-28-30(25(3,4)5,21-14-10-8-11-15-21)22-16-12-9-13-17-22/h7-17,20,23H,1,18-19H2,2-6H3/t20-,23-,26-/m0/s1. The molecule has 2 aromatic carbocycles. The van der Waals surface area contributed by atoms with Crippen molar-refractivity contribution in [1.29, 1.82) is 0 Å². The van der Waals surface area contributed by atoms with Gasteiger partial charge in [-0.15, -0.1) is 6.58 Å². The lowest BCUT2D eigenvalue weighted by Crippen LogP contribution is -2.66. The number of allylic oxidation sites excluding steroid dienone is 1. The first-order valence-electron chi connectivity index (χ1n) is 10.7. The Morgan fingerprint density at radius 3 is 1.87 bits per heavy atom. The van der Waals surface area contributed by atoms with E-state index >= 15 is 0 Å². The van der Waals surface area contributed by atoms with Gasteiger partial charge in [0.2, 0.25) is 0 Å². The molecule has 3 rings (SSSR count). The van der Waals surface area contributed by atoms with Crippen molar-refractivity contribution < 1.29 is 14.0 Å². The second kappa shape index (κ2) is 8.52. The van der Waals surface area contributed by atoms with Crippen LogP contribution >= 0.6 is 0 Å². The van der Waals surface area contributed by atoms with E-state index in [4.69, 9.17) is 9.16 Å². The summed E-state index contributed by atoms with van der Waals surface area (Å²) in [5, 5.41) is 2.46. The summed E-state index contributed by atoms with van der Waals surface area (Å²) >= 11 is 0. The third-order valence-electron chi connectivity index (χ3n) is 6.58. The zero-order chi connectivity index (χ0) is 22.0. The van der Waals surface area contributed by atoms with E-state index in [9.17, 15) is 4.79 Å². The molecular formula is C26H34O3Si. The summed E-state index contributed by atoms with van der Waals surface area (Å²) in [6.45, 7) is 15.5. The molecule has 0 N–H and O–H groups in total. The summed E-state index contributed by atoms with van der Waals surface area (Å²) in [5.74, 6) is -0.284. The molecule has 0 spiro atoms. The van der Waals surface area contributed by atoms with Gasteiger partial charge < -0.3 is 9.16 Å². The minimum atomic E-state index is -2.57. The fourth-order valence-electron chi connectivity index (χ4n) is 4.82. The normalized spacial score (nSPS) is 21.3. The van der Waals surface area contributed by atoms with Gasteiger partial charge in [-0.3, -0.25) is 4.79 Å². The number of cyclic esters (lactones) is 1. The predicted molar refractivity (Wildman–Crippen MR) is 126 cm³/mol. The Labute approximate surface area is 182 Å². The molecule has 0 amide bonds. The largest absolute Gasteiger partial charge is 0.461 e. The van der Waals surface area contributed by atoms with E-state index in [1.54, 1.807) is 0 Å². The molecule has 1 aliphatic rings. The molecule has 0 bridgehead atoms. The van der Waals surface area contributed by atoms with Crippen LogP contribution in [0, 0.1) is 11.3 Å². The lowest BCUT2D eigenvalue weighted by atomic mass is 9.70. The van der Waals surface area contributed by atoms with Gasteiger partial charge in [0.1, 0.15) is 12.0 Å². The third kappa shape index (κ3) is 3.91. The molecule has 1 saturated heterocycles. The maximum absolute atomic E-state index is 12.1. The molecule has 2 aromatic rings. The molecule has 1 fully saturated rings. The van der Waals surface area contributed by atoms with Crippen LogP contribution < -0.4 is 10.4 Å². The van der Waals surface area contributed by atoms with Crippen LogP contribution in [0.3, 0.4) is 0 Å². The summed E-state index contributed by atoms with van der Waals surface area (Å²) < 4.78 is 12.2. The Bertz CT molecular complexity index is 833. The highest BCUT2D eigenvalue weighted by Crippen LogP contribution is 2.43. The zero-order valence-corrected chi connectivity index (χ0v) is 19.9. The molecule has 30 heavy (non-hydrogen) atoms. The van der Waals surface area contributed by atoms with E-state index in [-0.39, 0.29) is 28.4 Å². The van der Waals surface area contributed by atoms with Crippen molar-refractivity contribution in [1.82, 2.24) is 0 Å². The molecule has 1 heterocycles. The molecule has 160 valence electrons. The van der Waals surface area contributed by atoms with E-state index in [0.717, 1.165) is 6.42 Å². The Kier molecular flexibility index (Phi) is 6.39. The molecular weight excluding hydrogens is 388 g/mol. The second-order valence-corrected chi connectivity index (χ2v) is 13.9. The summed E-state index contributed by atoms with van der Waals surface area (Å²) in [6.07, 6.45) is 2.56. The fourth-order valence-corrected chi connectivity index (χ4v) is 9.38. The number of hydrogen-bond donors (Lipinski definition) is 0. The molecule has 0 aliphatic carbocycles. The molecule has 3 nitrogen and oxygen atoms in total. The molecule has 3 atom stereocenters. The highest BCUT2D eigenvalue weighted by Gasteiger charge is 2.52. The highest BCUT2D eigenvalue weighted by molar-refractivity contribution is 6.99. The smallest absolute Gasteiger partial charge is 0.313 e. The number of carbonyl (C=O) groups excluding carboxylic acids is 1. The van der Waals surface area contributed by atoms with Gasteiger partial charge in [-0.1, -0.05) is 94.4 Å². The quantitative estimate of drug-likeness (QED) is 0.351. The van der Waals surface area contributed by atoms with Crippen LogP contribution in [0.2, 0.25) is 5.04 Å². The number of rotatable bonds is 8. The fraction of sp³-hybridized carbons (Fsp3) is 0.423. The summed E-state index contributed by atoms with van der Waals surface area (Å²) in [4.78, 5) is 12.1. The van der Waals surface area contributed by atoms with Crippen LogP contribution in [0.25, 0.3) is 0 Å². The third-order valence-corrected chi connectivity index (χ3v) is 11.6. The predicted octanol–water partition coefficient (Wildman–Crippen LogP) is 4.71. The number of benzene rings is 2. The minimum absolute atomic E-state index is 0.0665. The van der Waals surface area contributed by atoms with Crippen molar-refractivity contribution in [3.63, 3.8) is 0 Å². The summed E-state index contributed by atoms with van der Waals surface area (Å²) in [6, 6.07) is 21.3. The molecule has 1 aliphatic heterocycles. The van der Waals surface area contributed by atoms with Gasteiger partial charge in [0.25, 0.3) is 8.32 Å². The van der Waals surface area contributed by atoms with Crippen LogP contribution in [0.4, 0.5) is 0 Å². The zero-order valence-electron chi connectivity index (χ0n) is 18.9. The van der Waals surface area contributed by atoms with Gasteiger partial charge >= 0.3 is 5.97 Å². The van der Waals surface area contributed by atoms with Gasteiger partial charge in [-0.05, 0) is 28.8 Å². The average molecular weight is 423 g/mol.